The molecule has 1 N–H and O–H groups in total. The molecular formula is C21H31ClN4O2. The standard InChI is InChI=1S/C21H31ClN4O2/c1-16-7-9-26(10-8-16)21(28)17(2)25-13-11-24(12-14-25)15-20(27)23-19-6-4-3-5-18(19)22/h3-6,16-17H,7-15H2,1-2H3,(H,23,27)/t17-/m0/s1. The van der Waals surface area contributed by atoms with E-state index in [4.69, 9.17) is 11.6 Å². The number of piperidine rings is 1. The van der Waals surface area contributed by atoms with Crippen LogP contribution in [0.4, 0.5) is 5.69 Å². The number of likely N-dealkylation sites (tertiary alicyclic amines) is 1. The molecule has 0 spiro atoms. The Labute approximate surface area is 172 Å². The number of anilines is 1. The molecule has 154 valence electrons. The smallest absolute Gasteiger partial charge is 0.239 e. The maximum atomic E-state index is 12.8. The SMILES string of the molecule is CC1CCN(C(=O)[C@H](C)N2CCN(CC(=O)Nc3ccccc3Cl)CC2)CC1. The molecule has 0 saturated carbocycles. The summed E-state index contributed by atoms with van der Waals surface area (Å²) in [7, 11) is 0. The molecule has 1 atom stereocenters. The molecule has 6 nitrogen and oxygen atoms in total. The van der Waals surface area contributed by atoms with Gasteiger partial charge in [0.25, 0.3) is 0 Å². The van der Waals surface area contributed by atoms with Crippen LogP contribution >= 0.6 is 11.6 Å². The number of amides is 2. The van der Waals surface area contributed by atoms with Crippen molar-refractivity contribution in [2.45, 2.75) is 32.7 Å². The number of carbonyl (C=O) groups excluding carboxylic acids is 2. The fourth-order valence-corrected chi connectivity index (χ4v) is 4.10. The van der Waals surface area contributed by atoms with Crippen LogP contribution in [0.25, 0.3) is 0 Å². The van der Waals surface area contributed by atoms with E-state index in [1.54, 1.807) is 12.1 Å². The number of nitrogens with zero attached hydrogens (tertiary/aromatic N) is 3. The third-order valence-corrected chi connectivity index (χ3v) is 6.25. The third kappa shape index (κ3) is 5.46. The highest BCUT2D eigenvalue weighted by Crippen LogP contribution is 2.21. The van der Waals surface area contributed by atoms with E-state index in [0.29, 0.717) is 17.3 Å². The van der Waals surface area contributed by atoms with Crippen LogP contribution < -0.4 is 5.32 Å². The van der Waals surface area contributed by atoms with Gasteiger partial charge in [0.2, 0.25) is 11.8 Å². The van der Waals surface area contributed by atoms with Crippen LogP contribution in [0, 0.1) is 5.92 Å². The zero-order valence-electron chi connectivity index (χ0n) is 16.9. The number of benzene rings is 1. The number of hydrogen-bond acceptors (Lipinski definition) is 4. The van der Waals surface area contributed by atoms with Gasteiger partial charge in [-0.15, -0.1) is 0 Å². The molecule has 1 aromatic rings. The summed E-state index contributed by atoms with van der Waals surface area (Å²) in [6.45, 7) is 9.54. The highest BCUT2D eigenvalue weighted by Gasteiger charge is 2.30. The van der Waals surface area contributed by atoms with Crippen LogP contribution in [-0.4, -0.2) is 78.4 Å². The maximum Gasteiger partial charge on any atom is 0.239 e. The van der Waals surface area contributed by atoms with Crippen LogP contribution in [0.5, 0.6) is 0 Å². The Bertz CT molecular complexity index is 683. The zero-order valence-corrected chi connectivity index (χ0v) is 17.6. The van der Waals surface area contributed by atoms with E-state index in [9.17, 15) is 9.59 Å². The molecule has 7 heteroatoms. The van der Waals surface area contributed by atoms with E-state index in [2.05, 4.69) is 22.0 Å². The molecule has 0 radical (unpaired) electrons. The lowest BCUT2D eigenvalue weighted by Gasteiger charge is -2.40. The Balaban J connectivity index is 1.43. The monoisotopic (exact) mass is 406 g/mol. The lowest BCUT2D eigenvalue weighted by Crippen LogP contribution is -2.56. The van der Waals surface area contributed by atoms with Crippen molar-refractivity contribution in [1.82, 2.24) is 14.7 Å². The van der Waals surface area contributed by atoms with Crippen LogP contribution in [0.15, 0.2) is 24.3 Å². The minimum absolute atomic E-state index is 0.0619. The minimum Gasteiger partial charge on any atom is -0.341 e. The van der Waals surface area contributed by atoms with Crippen LogP contribution in [0.1, 0.15) is 26.7 Å². The first kappa shape index (κ1) is 21.1. The number of nitrogens with one attached hydrogen (secondary N) is 1. The second-order valence-electron chi connectivity index (χ2n) is 8.02. The van der Waals surface area contributed by atoms with Gasteiger partial charge in [-0.05, 0) is 37.8 Å². The van der Waals surface area contributed by atoms with Crippen molar-refractivity contribution in [3.8, 4) is 0 Å². The molecule has 28 heavy (non-hydrogen) atoms. The Morgan fingerprint density at radius 3 is 2.39 bits per heavy atom. The van der Waals surface area contributed by atoms with Gasteiger partial charge < -0.3 is 10.2 Å². The number of para-hydroxylation sites is 1. The van der Waals surface area contributed by atoms with Crippen LogP contribution in [-0.2, 0) is 9.59 Å². The molecule has 0 aliphatic carbocycles. The fraction of sp³-hybridized carbons (Fsp3) is 0.619. The molecule has 2 saturated heterocycles. The van der Waals surface area contributed by atoms with Gasteiger partial charge in [0.05, 0.1) is 23.3 Å². The van der Waals surface area contributed by atoms with Gasteiger partial charge in [0.1, 0.15) is 0 Å². The van der Waals surface area contributed by atoms with Crippen LogP contribution in [0.2, 0.25) is 5.02 Å². The first-order valence-corrected chi connectivity index (χ1v) is 10.6. The molecule has 0 aromatic heterocycles. The minimum atomic E-state index is -0.0903. The number of piperazine rings is 1. The molecule has 3 rings (SSSR count). The molecule has 1 aromatic carbocycles. The molecule has 0 bridgehead atoms. The summed E-state index contributed by atoms with van der Waals surface area (Å²) in [6, 6.07) is 7.16. The van der Waals surface area contributed by atoms with Crippen molar-refractivity contribution in [2.75, 3.05) is 51.1 Å². The second kappa shape index (κ2) is 9.72. The second-order valence-corrected chi connectivity index (χ2v) is 8.43. The summed E-state index contributed by atoms with van der Waals surface area (Å²) >= 11 is 6.10. The number of carbonyl (C=O) groups is 2. The lowest BCUT2D eigenvalue weighted by atomic mass is 9.98. The average molecular weight is 407 g/mol. The molecule has 0 unspecified atom stereocenters. The Morgan fingerprint density at radius 1 is 1.11 bits per heavy atom. The van der Waals surface area contributed by atoms with E-state index < -0.39 is 0 Å². The van der Waals surface area contributed by atoms with E-state index in [1.165, 1.54) is 0 Å². The van der Waals surface area contributed by atoms with Crippen molar-refractivity contribution in [1.29, 1.82) is 0 Å². The van der Waals surface area contributed by atoms with Crippen molar-refractivity contribution in [2.24, 2.45) is 5.92 Å². The zero-order chi connectivity index (χ0) is 20.1. The molecule has 2 heterocycles. The summed E-state index contributed by atoms with van der Waals surface area (Å²) in [6.07, 6.45) is 2.21. The fourth-order valence-electron chi connectivity index (χ4n) is 3.91. The van der Waals surface area contributed by atoms with E-state index >= 15 is 0 Å². The topological polar surface area (TPSA) is 55.9 Å². The predicted molar refractivity (Wildman–Crippen MR) is 113 cm³/mol. The first-order chi connectivity index (χ1) is 13.4. The predicted octanol–water partition coefficient (Wildman–Crippen LogP) is 2.54. The van der Waals surface area contributed by atoms with Gasteiger partial charge in [-0.2, -0.15) is 0 Å². The molecule has 2 fully saturated rings. The average Bonchev–Trinajstić information content (AvgIpc) is 2.70. The quantitative estimate of drug-likeness (QED) is 0.816. The number of rotatable bonds is 5. The molecule has 2 amide bonds. The van der Waals surface area contributed by atoms with Gasteiger partial charge in [0, 0.05) is 39.3 Å². The van der Waals surface area contributed by atoms with Crippen molar-refractivity contribution in [3.63, 3.8) is 0 Å². The Hall–Kier alpha value is -1.63. The maximum absolute atomic E-state index is 12.8. The normalized spacial score (nSPS) is 20.8. The van der Waals surface area contributed by atoms with Gasteiger partial charge in [-0.3, -0.25) is 19.4 Å². The van der Waals surface area contributed by atoms with Crippen molar-refractivity contribution >= 4 is 29.1 Å². The Morgan fingerprint density at radius 2 is 1.75 bits per heavy atom. The largest absolute Gasteiger partial charge is 0.341 e. The van der Waals surface area contributed by atoms with E-state index in [0.717, 1.165) is 58.0 Å². The molecular weight excluding hydrogens is 376 g/mol. The summed E-state index contributed by atoms with van der Waals surface area (Å²) < 4.78 is 0. The molecule has 2 aliphatic rings. The summed E-state index contributed by atoms with van der Waals surface area (Å²) in [4.78, 5) is 31.5. The van der Waals surface area contributed by atoms with Gasteiger partial charge >= 0.3 is 0 Å². The highest BCUT2D eigenvalue weighted by molar-refractivity contribution is 6.33. The summed E-state index contributed by atoms with van der Waals surface area (Å²) in [5.74, 6) is 0.907. The lowest BCUT2D eigenvalue weighted by molar-refractivity contribution is -0.138. The summed E-state index contributed by atoms with van der Waals surface area (Å²) in [5.41, 5.74) is 0.642. The number of hydrogen-bond donors (Lipinski definition) is 1. The molecule has 2 aliphatic heterocycles. The van der Waals surface area contributed by atoms with Crippen molar-refractivity contribution < 1.29 is 9.59 Å². The third-order valence-electron chi connectivity index (χ3n) is 5.92. The Kier molecular flexibility index (Phi) is 7.32. The van der Waals surface area contributed by atoms with E-state index in [-0.39, 0.29) is 17.9 Å². The van der Waals surface area contributed by atoms with Gasteiger partial charge in [-0.25, -0.2) is 0 Å². The van der Waals surface area contributed by atoms with E-state index in [1.807, 2.05) is 24.0 Å². The summed E-state index contributed by atoms with van der Waals surface area (Å²) in [5, 5.41) is 3.41. The van der Waals surface area contributed by atoms with Gasteiger partial charge in [-0.1, -0.05) is 30.7 Å². The van der Waals surface area contributed by atoms with Gasteiger partial charge in [0.15, 0.2) is 0 Å². The first-order valence-electron chi connectivity index (χ1n) is 10.2. The van der Waals surface area contributed by atoms with Crippen molar-refractivity contribution in [3.05, 3.63) is 29.3 Å². The van der Waals surface area contributed by atoms with Crippen LogP contribution in [0.3, 0.4) is 0 Å². The number of halogens is 1. The highest BCUT2D eigenvalue weighted by atomic mass is 35.5.